The maximum absolute atomic E-state index is 12.1. The molecule has 0 saturated heterocycles. The van der Waals surface area contributed by atoms with Crippen molar-refractivity contribution in [3.8, 4) is 23.0 Å². The molecule has 2 atom stereocenters. The van der Waals surface area contributed by atoms with Gasteiger partial charge in [0.25, 0.3) is 5.91 Å². The zero-order valence-electron chi connectivity index (χ0n) is 18.2. The van der Waals surface area contributed by atoms with Gasteiger partial charge in [-0.15, -0.1) is 0 Å². The molecule has 7 nitrogen and oxygen atoms in total. The van der Waals surface area contributed by atoms with E-state index < -0.39 is 29.9 Å². The Balaban J connectivity index is 1.25. The van der Waals surface area contributed by atoms with E-state index in [4.69, 9.17) is 4.74 Å². The van der Waals surface area contributed by atoms with Crippen LogP contribution in [0.25, 0.3) is 11.1 Å². The summed E-state index contributed by atoms with van der Waals surface area (Å²) in [6.45, 7) is 0.156. The van der Waals surface area contributed by atoms with Crippen LogP contribution in [0.4, 0.5) is 4.79 Å². The first-order chi connectivity index (χ1) is 16.0. The highest BCUT2D eigenvalue weighted by atomic mass is 16.5. The maximum atomic E-state index is 12.1. The van der Waals surface area contributed by atoms with Crippen molar-refractivity contribution in [3.05, 3.63) is 59.7 Å². The van der Waals surface area contributed by atoms with Gasteiger partial charge in [0.05, 0.1) is 12.5 Å². The number of rotatable bonds is 5. The van der Waals surface area contributed by atoms with Gasteiger partial charge in [0.15, 0.2) is 0 Å². The molecule has 2 aliphatic rings. The SMILES string of the molecule is O=C(C#CCNC(=O)OCC1c2ccccc2-c2ccccc21)N[C@H]1CCCC[C@H]1C(=O)O. The van der Waals surface area contributed by atoms with Gasteiger partial charge in [0.1, 0.15) is 6.61 Å². The largest absolute Gasteiger partial charge is 0.481 e. The Labute approximate surface area is 192 Å². The number of fused-ring (bicyclic) bond motifs is 3. The van der Waals surface area contributed by atoms with Crippen molar-refractivity contribution in [1.82, 2.24) is 10.6 Å². The highest BCUT2D eigenvalue weighted by Crippen LogP contribution is 2.44. The summed E-state index contributed by atoms with van der Waals surface area (Å²) in [5.41, 5.74) is 4.57. The maximum Gasteiger partial charge on any atom is 0.407 e. The highest BCUT2D eigenvalue weighted by Gasteiger charge is 2.31. The van der Waals surface area contributed by atoms with Crippen LogP contribution in [0, 0.1) is 17.8 Å². The monoisotopic (exact) mass is 446 g/mol. The summed E-state index contributed by atoms with van der Waals surface area (Å²) < 4.78 is 5.42. The van der Waals surface area contributed by atoms with Crippen molar-refractivity contribution in [1.29, 1.82) is 0 Å². The lowest BCUT2D eigenvalue weighted by molar-refractivity contribution is -0.144. The van der Waals surface area contributed by atoms with E-state index in [1.165, 1.54) is 0 Å². The zero-order valence-corrected chi connectivity index (χ0v) is 18.2. The Kier molecular flexibility index (Phi) is 6.94. The fourth-order valence-electron chi connectivity index (χ4n) is 4.69. The number of carbonyl (C=O) groups is 3. The van der Waals surface area contributed by atoms with Crippen LogP contribution in [0.2, 0.25) is 0 Å². The first-order valence-electron chi connectivity index (χ1n) is 11.2. The van der Waals surface area contributed by atoms with E-state index in [1.54, 1.807) is 0 Å². The topological polar surface area (TPSA) is 105 Å². The van der Waals surface area contributed by atoms with E-state index in [9.17, 15) is 19.5 Å². The number of nitrogens with one attached hydrogen (secondary N) is 2. The number of hydrogen-bond acceptors (Lipinski definition) is 4. The van der Waals surface area contributed by atoms with Crippen molar-refractivity contribution in [3.63, 3.8) is 0 Å². The molecule has 3 N–H and O–H groups in total. The normalized spacial score (nSPS) is 18.8. The first-order valence-corrected chi connectivity index (χ1v) is 11.2. The van der Waals surface area contributed by atoms with E-state index >= 15 is 0 Å². The molecule has 0 spiro atoms. The smallest absolute Gasteiger partial charge is 0.407 e. The average Bonchev–Trinajstić information content (AvgIpc) is 3.14. The first kappa shape index (κ1) is 22.4. The molecule has 0 unspecified atom stereocenters. The minimum atomic E-state index is -0.898. The Hall–Kier alpha value is -3.79. The molecule has 1 saturated carbocycles. The van der Waals surface area contributed by atoms with Gasteiger partial charge in [-0.2, -0.15) is 0 Å². The minimum Gasteiger partial charge on any atom is -0.481 e. The molecule has 2 aromatic carbocycles. The van der Waals surface area contributed by atoms with Crippen LogP contribution >= 0.6 is 0 Å². The number of benzene rings is 2. The van der Waals surface area contributed by atoms with Crippen LogP contribution in [0.1, 0.15) is 42.7 Å². The molecule has 0 radical (unpaired) electrons. The molecule has 0 bridgehead atoms. The Morgan fingerprint density at radius 1 is 0.970 bits per heavy atom. The van der Waals surface area contributed by atoms with Gasteiger partial charge in [-0.1, -0.05) is 67.3 Å². The quantitative estimate of drug-likeness (QED) is 0.612. The van der Waals surface area contributed by atoms with Gasteiger partial charge < -0.3 is 20.5 Å². The van der Waals surface area contributed by atoms with Crippen LogP contribution in [-0.4, -0.2) is 42.3 Å². The highest BCUT2D eigenvalue weighted by molar-refractivity contribution is 5.94. The van der Waals surface area contributed by atoms with Crippen molar-refractivity contribution >= 4 is 18.0 Å². The number of carbonyl (C=O) groups excluding carboxylic acids is 2. The summed E-state index contributed by atoms with van der Waals surface area (Å²) in [6, 6.07) is 15.8. The molecule has 4 rings (SSSR count). The number of carboxylic acid groups (broad SMARTS) is 1. The summed E-state index contributed by atoms with van der Waals surface area (Å²) in [5.74, 6) is 2.94. The number of alkyl carbamates (subject to hydrolysis) is 1. The molecule has 170 valence electrons. The van der Waals surface area contributed by atoms with Crippen molar-refractivity contribution in [2.45, 2.75) is 37.6 Å². The van der Waals surface area contributed by atoms with Crippen molar-refractivity contribution in [2.75, 3.05) is 13.2 Å². The molecular formula is C26H26N2O5. The van der Waals surface area contributed by atoms with E-state index in [0.29, 0.717) is 12.8 Å². The lowest BCUT2D eigenvalue weighted by Gasteiger charge is -2.28. The predicted molar refractivity (Wildman–Crippen MR) is 122 cm³/mol. The second-order valence-electron chi connectivity index (χ2n) is 8.29. The third kappa shape index (κ3) is 5.17. The van der Waals surface area contributed by atoms with Gasteiger partial charge in [0.2, 0.25) is 0 Å². The van der Waals surface area contributed by atoms with Crippen LogP contribution in [0.5, 0.6) is 0 Å². The summed E-state index contributed by atoms with van der Waals surface area (Å²) >= 11 is 0. The summed E-state index contributed by atoms with van der Waals surface area (Å²) in [5, 5.41) is 14.5. The third-order valence-corrected chi connectivity index (χ3v) is 6.27. The molecule has 2 aliphatic carbocycles. The second-order valence-corrected chi connectivity index (χ2v) is 8.29. The van der Waals surface area contributed by atoms with Gasteiger partial charge in [-0.25, -0.2) is 4.79 Å². The molecular weight excluding hydrogens is 420 g/mol. The molecule has 33 heavy (non-hydrogen) atoms. The average molecular weight is 447 g/mol. The molecule has 1 fully saturated rings. The molecule has 0 aromatic heterocycles. The number of aliphatic carboxylic acids is 1. The second kappa shape index (κ2) is 10.2. The van der Waals surface area contributed by atoms with Crippen LogP contribution in [-0.2, 0) is 14.3 Å². The van der Waals surface area contributed by atoms with E-state index in [1.807, 2.05) is 36.4 Å². The van der Waals surface area contributed by atoms with Gasteiger partial charge in [-0.3, -0.25) is 9.59 Å². The minimum absolute atomic E-state index is 0.0299. The fraction of sp³-hybridized carbons (Fsp3) is 0.346. The van der Waals surface area contributed by atoms with Crippen LogP contribution in [0.3, 0.4) is 0 Å². The third-order valence-electron chi connectivity index (χ3n) is 6.27. The number of hydrogen-bond donors (Lipinski definition) is 3. The lowest BCUT2D eigenvalue weighted by atomic mass is 9.84. The number of ether oxygens (including phenoxy) is 1. The van der Waals surface area contributed by atoms with E-state index in [0.717, 1.165) is 35.1 Å². The van der Waals surface area contributed by atoms with Gasteiger partial charge >= 0.3 is 12.1 Å². The summed E-state index contributed by atoms with van der Waals surface area (Å²) in [7, 11) is 0. The number of amides is 2. The van der Waals surface area contributed by atoms with Crippen molar-refractivity contribution < 1.29 is 24.2 Å². The lowest BCUT2D eigenvalue weighted by Crippen LogP contribution is -2.44. The summed E-state index contributed by atoms with van der Waals surface area (Å²) in [6.07, 6.45) is 2.30. The Morgan fingerprint density at radius 2 is 1.61 bits per heavy atom. The molecule has 0 aliphatic heterocycles. The molecule has 2 amide bonds. The van der Waals surface area contributed by atoms with E-state index in [2.05, 4.69) is 34.6 Å². The molecule has 0 heterocycles. The van der Waals surface area contributed by atoms with Crippen LogP contribution in [0.15, 0.2) is 48.5 Å². The standard InChI is InChI=1S/C26H26N2O5/c29-24(28-23-13-6-5-12-21(23)25(30)31)14-7-15-27-26(32)33-16-22-19-10-3-1-8-17(19)18-9-2-4-11-20(18)22/h1-4,8-11,21-23H,5-6,12-13,15-16H2,(H,27,32)(H,28,29)(H,30,31)/t21-,23+/m1/s1. The van der Waals surface area contributed by atoms with Crippen molar-refractivity contribution in [2.24, 2.45) is 5.92 Å². The number of carboxylic acids is 1. The Bertz CT molecular complexity index is 1070. The Morgan fingerprint density at radius 3 is 2.27 bits per heavy atom. The summed E-state index contributed by atoms with van der Waals surface area (Å²) in [4.78, 5) is 35.5. The fourth-order valence-corrected chi connectivity index (χ4v) is 4.69. The van der Waals surface area contributed by atoms with Gasteiger partial charge in [0, 0.05) is 12.0 Å². The zero-order chi connectivity index (χ0) is 23.2. The molecule has 2 aromatic rings. The van der Waals surface area contributed by atoms with Crippen LogP contribution < -0.4 is 10.6 Å². The predicted octanol–water partition coefficient (Wildman–Crippen LogP) is 3.29. The van der Waals surface area contributed by atoms with Gasteiger partial charge in [-0.05, 0) is 41.0 Å². The van der Waals surface area contributed by atoms with E-state index in [-0.39, 0.29) is 19.1 Å². The molecule has 7 heteroatoms.